The molecule has 5 nitrogen and oxygen atoms in total. The Bertz CT molecular complexity index is 506. The molecule has 0 saturated heterocycles. The molecule has 1 atom stereocenters. The van der Waals surface area contributed by atoms with Gasteiger partial charge in [-0.05, 0) is 43.0 Å². The maximum absolute atomic E-state index is 12.0. The van der Waals surface area contributed by atoms with Crippen LogP contribution in [-0.2, 0) is 9.59 Å². The molecule has 6 heteroatoms. The van der Waals surface area contributed by atoms with Gasteiger partial charge in [-0.15, -0.1) is 0 Å². The third-order valence-electron chi connectivity index (χ3n) is 3.07. The number of thioether (sulfide) groups is 1. The molecule has 1 rings (SSSR count). The fourth-order valence-corrected chi connectivity index (χ4v) is 2.17. The van der Waals surface area contributed by atoms with Gasteiger partial charge >= 0.3 is 0 Å². The second kappa shape index (κ2) is 8.69. The maximum Gasteiger partial charge on any atom is 0.241 e. The number of nitrogens with two attached hydrogens (primary N) is 1. The zero-order valence-corrected chi connectivity index (χ0v) is 13.5. The Kier molecular flexibility index (Phi) is 7.25. The van der Waals surface area contributed by atoms with Crippen molar-refractivity contribution in [3.8, 4) is 0 Å². The van der Waals surface area contributed by atoms with Crippen molar-refractivity contribution in [1.82, 2.24) is 0 Å². The van der Waals surface area contributed by atoms with Gasteiger partial charge < -0.3 is 16.4 Å². The van der Waals surface area contributed by atoms with Gasteiger partial charge in [-0.1, -0.05) is 13.0 Å². The SMILES string of the molecule is CCC(=O)Nc1ccc(C)c(NC(=O)[C@@H](N)CCSC)c1. The predicted octanol–water partition coefficient (Wildman–Crippen LogP) is 2.36. The number of hydrogen-bond donors (Lipinski definition) is 3. The second-order valence-electron chi connectivity index (χ2n) is 4.81. The molecule has 0 aliphatic carbocycles. The molecule has 4 N–H and O–H groups in total. The quantitative estimate of drug-likeness (QED) is 0.722. The lowest BCUT2D eigenvalue weighted by Crippen LogP contribution is -2.36. The van der Waals surface area contributed by atoms with E-state index in [0.29, 0.717) is 24.2 Å². The summed E-state index contributed by atoms with van der Waals surface area (Å²) in [6, 6.07) is 4.90. The van der Waals surface area contributed by atoms with Crippen LogP contribution in [0, 0.1) is 6.92 Å². The van der Waals surface area contributed by atoms with Crippen molar-refractivity contribution in [2.45, 2.75) is 32.7 Å². The van der Waals surface area contributed by atoms with Gasteiger partial charge in [-0.2, -0.15) is 11.8 Å². The number of amides is 2. The van der Waals surface area contributed by atoms with Gasteiger partial charge in [0.2, 0.25) is 11.8 Å². The van der Waals surface area contributed by atoms with Gasteiger partial charge in [0.1, 0.15) is 0 Å². The molecule has 0 saturated carbocycles. The highest BCUT2D eigenvalue weighted by Crippen LogP contribution is 2.20. The van der Waals surface area contributed by atoms with E-state index in [2.05, 4.69) is 10.6 Å². The van der Waals surface area contributed by atoms with E-state index in [1.165, 1.54) is 0 Å². The summed E-state index contributed by atoms with van der Waals surface area (Å²) in [5, 5.41) is 5.60. The third-order valence-corrected chi connectivity index (χ3v) is 3.71. The minimum Gasteiger partial charge on any atom is -0.326 e. The van der Waals surface area contributed by atoms with Crippen LogP contribution >= 0.6 is 11.8 Å². The Hall–Kier alpha value is -1.53. The van der Waals surface area contributed by atoms with Crippen LogP contribution in [0.1, 0.15) is 25.3 Å². The molecule has 0 spiro atoms. The standard InChI is InChI=1S/C15H23N3O2S/c1-4-14(19)17-11-6-5-10(2)13(9-11)18-15(20)12(16)7-8-21-3/h5-6,9,12H,4,7-8,16H2,1-3H3,(H,17,19)(H,18,20)/t12-/m0/s1. The average molecular weight is 309 g/mol. The van der Waals surface area contributed by atoms with Crippen molar-refractivity contribution in [3.63, 3.8) is 0 Å². The van der Waals surface area contributed by atoms with Gasteiger partial charge in [0, 0.05) is 17.8 Å². The molecule has 1 aromatic carbocycles. The number of anilines is 2. The summed E-state index contributed by atoms with van der Waals surface area (Å²) in [6.07, 6.45) is 3.03. The second-order valence-corrected chi connectivity index (χ2v) is 5.79. The molecular weight excluding hydrogens is 286 g/mol. The highest BCUT2D eigenvalue weighted by molar-refractivity contribution is 7.98. The van der Waals surface area contributed by atoms with E-state index in [9.17, 15) is 9.59 Å². The maximum atomic E-state index is 12.0. The van der Waals surface area contributed by atoms with Gasteiger partial charge in [0.15, 0.2) is 0 Å². The molecule has 0 aliphatic rings. The fourth-order valence-electron chi connectivity index (χ4n) is 1.69. The first-order valence-corrected chi connectivity index (χ1v) is 8.33. The van der Waals surface area contributed by atoms with Crippen LogP contribution in [-0.4, -0.2) is 29.9 Å². The average Bonchev–Trinajstić information content (AvgIpc) is 2.47. The van der Waals surface area contributed by atoms with Crippen LogP contribution in [0.15, 0.2) is 18.2 Å². The summed E-state index contributed by atoms with van der Waals surface area (Å²) in [4.78, 5) is 23.4. The van der Waals surface area contributed by atoms with Crippen LogP contribution in [0.4, 0.5) is 11.4 Å². The van der Waals surface area contributed by atoms with E-state index in [-0.39, 0.29) is 11.8 Å². The van der Waals surface area contributed by atoms with E-state index >= 15 is 0 Å². The van der Waals surface area contributed by atoms with Crippen molar-refractivity contribution < 1.29 is 9.59 Å². The Morgan fingerprint density at radius 2 is 2.05 bits per heavy atom. The van der Waals surface area contributed by atoms with Crippen LogP contribution < -0.4 is 16.4 Å². The van der Waals surface area contributed by atoms with E-state index in [4.69, 9.17) is 5.73 Å². The number of aryl methyl sites for hydroxylation is 1. The summed E-state index contributed by atoms with van der Waals surface area (Å²) < 4.78 is 0. The predicted molar refractivity (Wildman–Crippen MR) is 89.7 cm³/mol. The molecule has 0 unspecified atom stereocenters. The molecule has 1 aromatic rings. The summed E-state index contributed by atoms with van der Waals surface area (Å²) in [5.41, 5.74) is 8.11. The minimum absolute atomic E-state index is 0.0622. The summed E-state index contributed by atoms with van der Waals surface area (Å²) >= 11 is 1.66. The third kappa shape index (κ3) is 5.77. The Balaban J connectivity index is 2.75. The Labute approximate surface area is 130 Å². The van der Waals surface area contributed by atoms with Gasteiger partial charge in [-0.25, -0.2) is 0 Å². The summed E-state index contributed by atoms with van der Waals surface area (Å²) in [7, 11) is 0. The van der Waals surface area contributed by atoms with Crippen LogP contribution in [0.25, 0.3) is 0 Å². The van der Waals surface area contributed by atoms with E-state index in [0.717, 1.165) is 11.3 Å². The lowest BCUT2D eigenvalue weighted by atomic mass is 10.1. The van der Waals surface area contributed by atoms with E-state index in [1.54, 1.807) is 24.8 Å². The van der Waals surface area contributed by atoms with Crippen LogP contribution in [0.2, 0.25) is 0 Å². The van der Waals surface area contributed by atoms with Crippen LogP contribution in [0.3, 0.4) is 0 Å². The van der Waals surface area contributed by atoms with E-state index < -0.39 is 6.04 Å². The lowest BCUT2D eigenvalue weighted by molar-refractivity contribution is -0.117. The molecule has 0 radical (unpaired) electrons. The molecular formula is C15H23N3O2S. The van der Waals surface area contributed by atoms with Gasteiger partial charge in [0.05, 0.1) is 6.04 Å². The molecule has 0 aliphatic heterocycles. The molecule has 116 valence electrons. The molecule has 2 amide bonds. The van der Waals surface area contributed by atoms with Crippen molar-refractivity contribution in [2.75, 3.05) is 22.6 Å². The molecule has 21 heavy (non-hydrogen) atoms. The lowest BCUT2D eigenvalue weighted by Gasteiger charge is -2.14. The number of carbonyl (C=O) groups excluding carboxylic acids is 2. The molecule has 0 bridgehead atoms. The minimum atomic E-state index is -0.522. The number of benzene rings is 1. The van der Waals surface area contributed by atoms with Crippen molar-refractivity contribution in [2.24, 2.45) is 5.73 Å². The topological polar surface area (TPSA) is 84.2 Å². The summed E-state index contributed by atoms with van der Waals surface area (Å²) in [6.45, 7) is 3.69. The highest BCUT2D eigenvalue weighted by Gasteiger charge is 2.14. The fraction of sp³-hybridized carbons (Fsp3) is 0.467. The van der Waals surface area contributed by atoms with Gasteiger partial charge in [-0.3, -0.25) is 9.59 Å². The van der Waals surface area contributed by atoms with Crippen molar-refractivity contribution in [1.29, 1.82) is 0 Å². The number of hydrogen-bond acceptors (Lipinski definition) is 4. The monoisotopic (exact) mass is 309 g/mol. The molecule has 0 aromatic heterocycles. The normalized spacial score (nSPS) is 11.8. The summed E-state index contributed by atoms with van der Waals surface area (Å²) in [5.74, 6) is 0.582. The first kappa shape index (κ1) is 17.5. The smallest absolute Gasteiger partial charge is 0.241 e. The Morgan fingerprint density at radius 3 is 2.67 bits per heavy atom. The zero-order valence-electron chi connectivity index (χ0n) is 12.7. The van der Waals surface area contributed by atoms with Crippen LogP contribution in [0.5, 0.6) is 0 Å². The highest BCUT2D eigenvalue weighted by atomic mass is 32.2. The number of nitrogens with one attached hydrogen (secondary N) is 2. The zero-order chi connectivity index (χ0) is 15.8. The number of carbonyl (C=O) groups is 2. The van der Waals surface area contributed by atoms with E-state index in [1.807, 2.05) is 25.3 Å². The van der Waals surface area contributed by atoms with Gasteiger partial charge in [0.25, 0.3) is 0 Å². The van der Waals surface area contributed by atoms with Crippen molar-refractivity contribution >= 4 is 35.0 Å². The molecule has 0 fully saturated rings. The first-order chi connectivity index (χ1) is 9.97. The van der Waals surface area contributed by atoms with Crippen molar-refractivity contribution in [3.05, 3.63) is 23.8 Å². The number of rotatable bonds is 7. The Morgan fingerprint density at radius 1 is 1.33 bits per heavy atom. The largest absolute Gasteiger partial charge is 0.326 e. The molecule has 0 heterocycles. The first-order valence-electron chi connectivity index (χ1n) is 6.93.